The molecule has 2 aromatic rings. The molecule has 0 spiro atoms. The van der Waals surface area contributed by atoms with Crippen LogP contribution in [-0.4, -0.2) is 14.1 Å². The summed E-state index contributed by atoms with van der Waals surface area (Å²) in [7, 11) is -3.59. The summed E-state index contributed by atoms with van der Waals surface area (Å²) in [6.45, 7) is 3.73. The van der Waals surface area contributed by atoms with Crippen molar-refractivity contribution in [3.05, 3.63) is 65.7 Å². The van der Waals surface area contributed by atoms with Crippen molar-refractivity contribution in [1.82, 2.24) is 4.83 Å². The van der Waals surface area contributed by atoms with E-state index in [0.717, 1.165) is 17.7 Å². The number of benzene rings is 2. The fourth-order valence-corrected chi connectivity index (χ4v) is 2.81. The second kappa shape index (κ2) is 7.22. The zero-order valence-corrected chi connectivity index (χ0v) is 13.6. The van der Waals surface area contributed by atoms with Crippen LogP contribution in [0.5, 0.6) is 0 Å². The molecule has 2 rings (SSSR count). The van der Waals surface area contributed by atoms with E-state index in [2.05, 4.69) is 9.93 Å². The molecule has 1 N–H and O–H groups in total. The Morgan fingerprint density at radius 3 is 2.32 bits per heavy atom. The molecule has 0 aliphatic rings. The minimum atomic E-state index is -3.59. The third-order valence-corrected chi connectivity index (χ3v) is 4.53. The second-order valence-electron chi connectivity index (χ2n) is 5.24. The fourth-order valence-electron chi connectivity index (χ4n) is 1.93. The lowest BCUT2D eigenvalue weighted by molar-refractivity contribution is 0.584. The Labute approximate surface area is 131 Å². The summed E-state index contributed by atoms with van der Waals surface area (Å²) in [6, 6.07) is 16.7. The summed E-state index contributed by atoms with van der Waals surface area (Å²) >= 11 is 0. The molecule has 0 atom stereocenters. The zero-order valence-electron chi connectivity index (χ0n) is 12.8. The molecule has 0 aliphatic carbocycles. The molecule has 4 nitrogen and oxygen atoms in total. The lowest BCUT2D eigenvalue weighted by atomic mass is 10.1. The predicted molar refractivity (Wildman–Crippen MR) is 89.4 cm³/mol. The van der Waals surface area contributed by atoms with Crippen molar-refractivity contribution < 1.29 is 8.42 Å². The molecule has 116 valence electrons. The summed E-state index contributed by atoms with van der Waals surface area (Å²) in [5.41, 5.74) is 2.97. The van der Waals surface area contributed by atoms with Crippen LogP contribution < -0.4 is 4.83 Å². The molecule has 0 bridgehead atoms. The van der Waals surface area contributed by atoms with Crippen LogP contribution in [0.25, 0.3) is 0 Å². The third kappa shape index (κ3) is 4.70. The van der Waals surface area contributed by atoms with E-state index in [1.165, 1.54) is 5.56 Å². The standard InChI is InChI=1S/C17H20N2O2S/c1-14-8-12-17(13-9-14)22(20,21)19-18-15(2)10-11-16-6-4-3-5-7-16/h3-9,12-13,19H,10-11H2,1-2H3/b18-15-. The number of aryl methyl sites for hydroxylation is 2. The van der Waals surface area contributed by atoms with Gasteiger partial charge in [0.1, 0.15) is 0 Å². The lowest BCUT2D eigenvalue weighted by Crippen LogP contribution is -2.19. The van der Waals surface area contributed by atoms with Gasteiger partial charge in [0, 0.05) is 5.71 Å². The normalized spacial score (nSPS) is 12.2. The molecule has 5 heteroatoms. The van der Waals surface area contributed by atoms with E-state index >= 15 is 0 Å². The van der Waals surface area contributed by atoms with Gasteiger partial charge < -0.3 is 0 Å². The molecule has 0 heterocycles. The van der Waals surface area contributed by atoms with Crippen LogP contribution >= 0.6 is 0 Å². The van der Waals surface area contributed by atoms with Gasteiger partial charge in [0.05, 0.1) is 4.90 Å². The predicted octanol–water partition coefficient (Wildman–Crippen LogP) is 3.28. The van der Waals surface area contributed by atoms with E-state index in [4.69, 9.17) is 0 Å². The second-order valence-corrected chi connectivity index (χ2v) is 6.90. The van der Waals surface area contributed by atoms with E-state index in [9.17, 15) is 8.42 Å². The van der Waals surface area contributed by atoms with Crippen molar-refractivity contribution in [2.75, 3.05) is 0 Å². The number of nitrogens with zero attached hydrogens (tertiary/aromatic N) is 1. The Morgan fingerprint density at radius 2 is 1.68 bits per heavy atom. The maximum absolute atomic E-state index is 12.1. The average Bonchev–Trinajstić information content (AvgIpc) is 2.52. The maximum atomic E-state index is 12.1. The van der Waals surface area contributed by atoms with E-state index in [-0.39, 0.29) is 4.90 Å². The zero-order chi connectivity index (χ0) is 16.0. The smallest absolute Gasteiger partial charge is 0.200 e. The van der Waals surface area contributed by atoms with Gasteiger partial charge in [-0.3, -0.25) is 0 Å². The highest BCUT2D eigenvalue weighted by Crippen LogP contribution is 2.10. The lowest BCUT2D eigenvalue weighted by Gasteiger charge is -2.06. The molecule has 0 amide bonds. The minimum Gasteiger partial charge on any atom is -0.200 e. The van der Waals surface area contributed by atoms with Crippen LogP contribution in [0.3, 0.4) is 0 Å². The van der Waals surface area contributed by atoms with Crippen molar-refractivity contribution in [3.63, 3.8) is 0 Å². The van der Waals surface area contributed by atoms with Gasteiger partial charge in [0.15, 0.2) is 0 Å². The summed E-state index contributed by atoms with van der Waals surface area (Å²) in [6.07, 6.45) is 1.54. The summed E-state index contributed by atoms with van der Waals surface area (Å²) in [5, 5.41) is 3.99. The van der Waals surface area contributed by atoms with Crippen molar-refractivity contribution in [2.45, 2.75) is 31.6 Å². The maximum Gasteiger partial charge on any atom is 0.276 e. The van der Waals surface area contributed by atoms with Crippen LogP contribution in [-0.2, 0) is 16.4 Å². The topological polar surface area (TPSA) is 58.5 Å². The summed E-state index contributed by atoms with van der Waals surface area (Å²) in [4.78, 5) is 2.51. The van der Waals surface area contributed by atoms with Gasteiger partial charge in [-0.15, -0.1) is 0 Å². The SMILES string of the molecule is C/C(CCc1ccccc1)=N/NS(=O)(=O)c1ccc(C)cc1. The minimum absolute atomic E-state index is 0.220. The number of nitrogens with one attached hydrogen (secondary N) is 1. The number of hydrogen-bond donors (Lipinski definition) is 1. The van der Waals surface area contributed by atoms with Gasteiger partial charge in [-0.05, 0) is 44.4 Å². The Balaban J connectivity index is 1.96. The third-order valence-electron chi connectivity index (χ3n) is 3.31. The van der Waals surface area contributed by atoms with Crippen molar-refractivity contribution >= 4 is 15.7 Å². The molecule has 0 saturated carbocycles. The highest BCUT2D eigenvalue weighted by Gasteiger charge is 2.12. The van der Waals surface area contributed by atoms with E-state index in [1.54, 1.807) is 24.3 Å². The summed E-state index contributed by atoms with van der Waals surface area (Å²) in [5.74, 6) is 0. The monoisotopic (exact) mass is 316 g/mol. The molecule has 22 heavy (non-hydrogen) atoms. The first-order valence-electron chi connectivity index (χ1n) is 7.13. The van der Waals surface area contributed by atoms with Gasteiger partial charge >= 0.3 is 0 Å². The first kappa shape index (κ1) is 16.2. The molecule has 0 fully saturated rings. The average molecular weight is 316 g/mol. The van der Waals surface area contributed by atoms with Gasteiger partial charge in [0.25, 0.3) is 10.0 Å². The Morgan fingerprint density at radius 1 is 1.05 bits per heavy atom. The van der Waals surface area contributed by atoms with Gasteiger partial charge in [0.2, 0.25) is 0 Å². The highest BCUT2D eigenvalue weighted by molar-refractivity contribution is 7.89. The van der Waals surface area contributed by atoms with Crippen LogP contribution in [0.4, 0.5) is 0 Å². The van der Waals surface area contributed by atoms with Crippen molar-refractivity contribution in [3.8, 4) is 0 Å². The molecule has 0 saturated heterocycles. The van der Waals surface area contributed by atoms with Crippen LogP contribution in [0, 0.1) is 6.92 Å². The first-order chi connectivity index (χ1) is 10.5. The van der Waals surface area contributed by atoms with Crippen LogP contribution in [0.1, 0.15) is 24.5 Å². The van der Waals surface area contributed by atoms with Gasteiger partial charge in [-0.2, -0.15) is 13.5 Å². The first-order valence-corrected chi connectivity index (χ1v) is 8.61. The molecular formula is C17H20N2O2S. The van der Waals surface area contributed by atoms with E-state index < -0.39 is 10.0 Å². The number of rotatable bonds is 6. The summed E-state index contributed by atoms with van der Waals surface area (Å²) < 4.78 is 24.2. The molecule has 0 aliphatic heterocycles. The number of hydrazone groups is 1. The van der Waals surface area contributed by atoms with Gasteiger partial charge in [-0.1, -0.05) is 48.0 Å². The van der Waals surface area contributed by atoms with Crippen LogP contribution in [0.2, 0.25) is 0 Å². The highest BCUT2D eigenvalue weighted by atomic mass is 32.2. The largest absolute Gasteiger partial charge is 0.276 e. The fraction of sp³-hybridized carbons (Fsp3) is 0.235. The molecule has 0 unspecified atom stereocenters. The Kier molecular flexibility index (Phi) is 5.33. The molecule has 0 aromatic heterocycles. The number of hydrogen-bond acceptors (Lipinski definition) is 3. The molecular weight excluding hydrogens is 296 g/mol. The van der Waals surface area contributed by atoms with Gasteiger partial charge in [-0.25, -0.2) is 4.83 Å². The van der Waals surface area contributed by atoms with Crippen molar-refractivity contribution in [1.29, 1.82) is 0 Å². The van der Waals surface area contributed by atoms with E-state index in [0.29, 0.717) is 6.42 Å². The molecule has 0 radical (unpaired) electrons. The van der Waals surface area contributed by atoms with E-state index in [1.807, 2.05) is 44.2 Å². The quantitative estimate of drug-likeness (QED) is 0.657. The Bertz CT molecular complexity index is 736. The van der Waals surface area contributed by atoms with Crippen molar-refractivity contribution in [2.24, 2.45) is 5.10 Å². The van der Waals surface area contributed by atoms with Crippen LogP contribution in [0.15, 0.2) is 64.6 Å². The number of sulfonamides is 1. The molecule has 2 aromatic carbocycles. The Hall–Kier alpha value is -2.14.